The summed E-state index contributed by atoms with van der Waals surface area (Å²) in [6, 6.07) is 4.66. The zero-order chi connectivity index (χ0) is 15.3. The van der Waals surface area contributed by atoms with Crippen LogP contribution in [0, 0.1) is 0 Å². The van der Waals surface area contributed by atoms with Crippen molar-refractivity contribution in [2.75, 3.05) is 19.5 Å². The fraction of sp³-hybridized carbons (Fsp3) is 0.429. The van der Waals surface area contributed by atoms with Gasteiger partial charge in [0.15, 0.2) is 0 Å². The van der Waals surface area contributed by atoms with Gasteiger partial charge in [0.05, 0.1) is 25.5 Å². The molecule has 1 rings (SSSR count). The minimum atomic E-state index is -0.646. The molecular weight excluding hydrogens is 262 g/mol. The summed E-state index contributed by atoms with van der Waals surface area (Å²) in [5, 5.41) is 2.52. The van der Waals surface area contributed by atoms with Gasteiger partial charge >= 0.3 is 12.1 Å². The number of methoxy groups -OCH3 is 2. The molecular formula is C14H19NO5. The summed E-state index contributed by atoms with van der Waals surface area (Å²) in [5.41, 5.74) is -0.133. The molecule has 6 nitrogen and oxygen atoms in total. The van der Waals surface area contributed by atoms with Crippen molar-refractivity contribution in [3.63, 3.8) is 0 Å². The van der Waals surface area contributed by atoms with Crippen molar-refractivity contribution in [3.05, 3.63) is 23.8 Å². The number of rotatable bonds is 3. The van der Waals surface area contributed by atoms with Crippen molar-refractivity contribution in [2.24, 2.45) is 0 Å². The predicted octanol–water partition coefficient (Wildman–Crippen LogP) is 2.83. The second-order valence-corrected chi connectivity index (χ2v) is 5.03. The number of hydrogen-bond donors (Lipinski definition) is 1. The number of esters is 1. The van der Waals surface area contributed by atoms with Gasteiger partial charge in [0.25, 0.3) is 0 Å². The van der Waals surface area contributed by atoms with Crippen LogP contribution in [0.1, 0.15) is 31.1 Å². The van der Waals surface area contributed by atoms with E-state index in [1.165, 1.54) is 20.3 Å². The normalized spacial score (nSPS) is 10.7. The molecule has 0 aliphatic carbocycles. The van der Waals surface area contributed by atoms with E-state index in [-0.39, 0.29) is 5.56 Å². The summed E-state index contributed by atoms with van der Waals surface area (Å²) < 4.78 is 14.8. The van der Waals surface area contributed by atoms with Crippen LogP contribution in [-0.2, 0) is 9.47 Å². The Labute approximate surface area is 118 Å². The summed E-state index contributed by atoms with van der Waals surface area (Å²) in [6.45, 7) is 5.26. The molecule has 0 saturated heterocycles. The molecule has 110 valence electrons. The number of amides is 1. The molecule has 0 aromatic heterocycles. The first-order valence-electron chi connectivity index (χ1n) is 6.03. The first kappa shape index (κ1) is 15.8. The fourth-order valence-corrected chi connectivity index (χ4v) is 1.45. The van der Waals surface area contributed by atoms with E-state index in [0.717, 1.165) is 0 Å². The van der Waals surface area contributed by atoms with Gasteiger partial charge in [0.2, 0.25) is 0 Å². The lowest BCUT2D eigenvalue weighted by Gasteiger charge is -2.20. The van der Waals surface area contributed by atoms with Crippen molar-refractivity contribution in [1.29, 1.82) is 0 Å². The van der Waals surface area contributed by atoms with Crippen molar-refractivity contribution >= 4 is 17.7 Å². The Hall–Kier alpha value is -2.24. The smallest absolute Gasteiger partial charge is 0.412 e. The summed E-state index contributed by atoms with van der Waals surface area (Å²) >= 11 is 0. The van der Waals surface area contributed by atoms with E-state index in [1.807, 2.05) is 0 Å². The van der Waals surface area contributed by atoms with E-state index in [4.69, 9.17) is 9.47 Å². The highest BCUT2D eigenvalue weighted by molar-refractivity contribution is 6.00. The zero-order valence-corrected chi connectivity index (χ0v) is 12.3. The molecule has 0 aliphatic rings. The minimum absolute atomic E-state index is 0.192. The molecule has 0 bridgehead atoms. The lowest BCUT2D eigenvalue weighted by molar-refractivity contribution is 0.0601. The number of nitrogens with one attached hydrogen (secondary N) is 1. The first-order valence-corrected chi connectivity index (χ1v) is 6.03. The van der Waals surface area contributed by atoms with Gasteiger partial charge < -0.3 is 14.2 Å². The third-order valence-electron chi connectivity index (χ3n) is 2.27. The summed E-state index contributed by atoms with van der Waals surface area (Å²) in [4.78, 5) is 23.4. The predicted molar refractivity (Wildman–Crippen MR) is 74.2 cm³/mol. The van der Waals surface area contributed by atoms with Gasteiger partial charge in [0, 0.05) is 0 Å². The Kier molecular flexibility index (Phi) is 4.96. The number of ether oxygens (including phenoxy) is 3. The summed E-state index contributed by atoms with van der Waals surface area (Å²) in [7, 11) is 2.75. The second kappa shape index (κ2) is 6.27. The average Bonchev–Trinajstić information content (AvgIpc) is 2.36. The molecule has 0 aliphatic heterocycles. The van der Waals surface area contributed by atoms with E-state index in [9.17, 15) is 9.59 Å². The van der Waals surface area contributed by atoms with Gasteiger partial charge in [-0.1, -0.05) is 0 Å². The van der Waals surface area contributed by atoms with E-state index in [2.05, 4.69) is 10.1 Å². The molecule has 20 heavy (non-hydrogen) atoms. The Morgan fingerprint density at radius 3 is 2.30 bits per heavy atom. The maximum atomic E-state index is 11.7. The van der Waals surface area contributed by atoms with Crippen molar-refractivity contribution in [2.45, 2.75) is 26.4 Å². The van der Waals surface area contributed by atoms with E-state index in [1.54, 1.807) is 32.9 Å². The lowest BCUT2D eigenvalue weighted by Crippen LogP contribution is -2.27. The highest BCUT2D eigenvalue weighted by atomic mass is 16.6. The highest BCUT2D eigenvalue weighted by Crippen LogP contribution is 2.23. The summed E-state index contributed by atoms with van der Waals surface area (Å²) in [6.07, 6.45) is -0.646. The molecule has 6 heteroatoms. The van der Waals surface area contributed by atoms with Gasteiger partial charge in [-0.3, -0.25) is 5.32 Å². The van der Waals surface area contributed by atoms with Crippen LogP contribution in [0.3, 0.4) is 0 Å². The van der Waals surface area contributed by atoms with Crippen LogP contribution in [-0.4, -0.2) is 31.9 Å². The van der Waals surface area contributed by atoms with Gasteiger partial charge in [-0.15, -0.1) is 0 Å². The highest BCUT2D eigenvalue weighted by Gasteiger charge is 2.19. The Bertz CT molecular complexity index is 505. The van der Waals surface area contributed by atoms with Crippen molar-refractivity contribution in [3.8, 4) is 5.75 Å². The maximum absolute atomic E-state index is 11.7. The number of benzene rings is 1. The number of anilines is 1. The van der Waals surface area contributed by atoms with Gasteiger partial charge in [0.1, 0.15) is 11.4 Å². The van der Waals surface area contributed by atoms with Crippen LogP contribution in [0.15, 0.2) is 18.2 Å². The third kappa shape index (κ3) is 4.46. The van der Waals surface area contributed by atoms with Crippen molar-refractivity contribution in [1.82, 2.24) is 0 Å². The first-order chi connectivity index (χ1) is 9.26. The molecule has 0 radical (unpaired) electrons. The minimum Gasteiger partial charge on any atom is -0.497 e. The van der Waals surface area contributed by atoms with Crippen LogP contribution < -0.4 is 10.1 Å². The topological polar surface area (TPSA) is 73.9 Å². The van der Waals surface area contributed by atoms with Gasteiger partial charge in [-0.05, 0) is 39.0 Å². The van der Waals surface area contributed by atoms with Crippen LogP contribution in [0.5, 0.6) is 5.75 Å². The molecule has 1 N–H and O–H groups in total. The largest absolute Gasteiger partial charge is 0.497 e. The number of carbonyl (C=O) groups is 2. The van der Waals surface area contributed by atoms with E-state index in [0.29, 0.717) is 11.4 Å². The second-order valence-electron chi connectivity index (χ2n) is 5.03. The van der Waals surface area contributed by atoms with Crippen LogP contribution in [0.4, 0.5) is 10.5 Å². The molecule has 0 atom stereocenters. The summed E-state index contributed by atoms with van der Waals surface area (Å²) in [5.74, 6) is -0.0879. The fourth-order valence-electron chi connectivity index (χ4n) is 1.45. The molecule has 0 heterocycles. The Morgan fingerprint density at radius 1 is 1.15 bits per heavy atom. The van der Waals surface area contributed by atoms with Gasteiger partial charge in [-0.2, -0.15) is 0 Å². The van der Waals surface area contributed by atoms with Crippen molar-refractivity contribution < 1.29 is 23.8 Å². The lowest BCUT2D eigenvalue weighted by atomic mass is 10.1. The molecule has 0 spiro atoms. The van der Waals surface area contributed by atoms with Gasteiger partial charge in [-0.25, -0.2) is 9.59 Å². The van der Waals surface area contributed by atoms with E-state index < -0.39 is 17.7 Å². The number of hydrogen-bond acceptors (Lipinski definition) is 5. The average molecular weight is 281 g/mol. The van der Waals surface area contributed by atoms with Crippen LogP contribution in [0.2, 0.25) is 0 Å². The monoisotopic (exact) mass is 281 g/mol. The zero-order valence-electron chi connectivity index (χ0n) is 12.3. The molecule has 0 unspecified atom stereocenters. The van der Waals surface area contributed by atoms with Crippen LogP contribution in [0.25, 0.3) is 0 Å². The van der Waals surface area contributed by atoms with E-state index >= 15 is 0 Å². The third-order valence-corrected chi connectivity index (χ3v) is 2.27. The molecule has 0 fully saturated rings. The molecule has 1 aromatic carbocycles. The van der Waals surface area contributed by atoms with Crippen LogP contribution >= 0.6 is 0 Å². The quantitative estimate of drug-likeness (QED) is 0.862. The number of carbonyl (C=O) groups excluding carboxylic acids is 2. The Balaban J connectivity index is 2.99. The molecule has 0 saturated carbocycles. The maximum Gasteiger partial charge on any atom is 0.412 e. The standard InChI is InChI=1S/C14H19NO5/c1-14(2,3)20-13(17)15-11-7-6-9(18-4)8-10(11)12(16)19-5/h6-8H,1-5H3,(H,15,17). The SMILES string of the molecule is COC(=O)c1cc(OC)ccc1NC(=O)OC(C)(C)C. The Morgan fingerprint density at radius 2 is 1.80 bits per heavy atom. The molecule has 1 amide bonds. The molecule has 1 aromatic rings.